The van der Waals surface area contributed by atoms with E-state index < -0.39 is 17.3 Å². The number of aryl methyl sites for hydroxylation is 1. The lowest BCUT2D eigenvalue weighted by Crippen LogP contribution is -2.41. The van der Waals surface area contributed by atoms with Crippen LogP contribution in [0.25, 0.3) is 0 Å². The summed E-state index contributed by atoms with van der Waals surface area (Å²) in [6, 6.07) is 9.92. The number of nitrogens with zero attached hydrogens (tertiary/aromatic N) is 1. The Bertz CT molecular complexity index is 628. The summed E-state index contributed by atoms with van der Waals surface area (Å²) in [5.74, 6) is -1.59. The number of carboxylic acids is 1. The highest BCUT2D eigenvalue weighted by Crippen LogP contribution is 2.25. The first-order chi connectivity index (χ1) is 9.41. The molecule has 0 saturated heterocycles. The van der Waals surface area contributed by atoms with Gasteiger partial charge in [-0.05, 0) is 43.7 Å². The van der Waals surface area contributed by atoms with Gasteiger partial charge in [-0.1, -0.05) is 12.1 Å². The topological polar surface area (TPSA) is 62.2 Å². The zero-order valence-electron chi connectivity index (χ0n) is 11.2. The highest BCUT2D eigenvalue weighted by molar-refractivity contribution is 5.83. The summed E-state index contributed by atoms with van der Waals surface area (Å²) in [6.07, 6.45) is 1.01. The molecule has 0 aliphatic carbocycles. The summed E-state index contributed by atoms with van der Waals surface area (Å²) in [7, 11) is 0. The van der Waals surface area contributed by atoms with Gasteiger partial charge in [0, 0.05) is 5.69 Å². The van der Waals surface area contributed by atoms with Crippen molar-refractivity contribution < 1.29 is 14.3 Å². The van der Waals surface area contributed by atoms with Gasteiger partial charge in [-0.2, -0.15) is 0 Å². The van der Waals surface area contributed by atoms with E-state index in [1.807, 2.05) is 25.1 Å². The van der Waals surface area contributed by atoms with Gasteiger partial charge in [0.25, 0.3) is 0 Å². The highest BCUT2D eigenvalue weighted by atomic mass is 19.1. The molecule has 5 heteroatoms. The monoisotopic (exact) mass is 274 g/mol. The van der Waals surface area contributed by atoms with Crippen LogP contribution in [0.3, 0.4) is 0 Å². The number of anilines is 1. The second kappa shape index (κ2) is 5.28. The number of aliphatic carboxylic acids is 1. The zero-order valence-corrected chi connectivity index (χ0v) is 11.2. The zero-order chi connectivity index (χ0) is 14.8. The summed E-state index contributed by atoms with van der Waals surface area (Å²) in [5.41, 5.74) is 0.491. The van der Waals surface area contributed by atoms with Crippen molar-refractivity contribution in [3.8, 4) is 0 Å². The first-order valence-electron chi connectivity index (χ1n) is 6.12. The van der Waals surface area contributed by atoms with E-state index in [0.29, 0.717) is 5.69 Å². The van der Waals surface area contributed by atoms with Gasteiger partial charge in [0.15, 0.2) is 5.54 Å². The van der Waals surface area contributed by atoms with Crippen molar-refractivity contribution in [2.24, 2.45) is 0 Å². The molecule has 0 amide bonds. The molecule has 0 fully saturated rings. The molecule has 2 aromatic rings. The number of benzene rings is 1. The Morgan fingerprint density at radius 3 is 2.65 bits per heavy atom. The molecule has 0 aliphatic rings. The van der Waals surface area contributed by atoms with Crippen LogP contribution in [-0.4, -0.2) is 16.1 Å². The Hall–Kier alpha value is -2.43. The van der Waals surface area contributed by atoms with Gasteiger partial charge in [0.05, 0.1) is 11.9 Å². The van der Waals surface area contributed by atoms with Crippen LogP contribution in [0, 0.1) is 12.7 Å². The van der Waals surface area contributed by atoms with E-state index in [9.17, 15) is 14.3 Å². The van der Waals surface area contributed by atoms with Crippen LogP contribution in [0.1, 0.15) is 18.2 Å². The predicted molar refractivity (Wildman–Crippen MR) is 74.0 cm³/mol. The fraction of sp³-hybridized carbons (Fsp3) is 0.200. The van der Waals surface area contributed by atoms with E-state index in [-0.39, 0.29) is 5.69 Å². The van der Waals surface area contributed by atoms with Crippen LogP contribution >= 0.6 is 0 Å². The van der Waals surface area contributed by atoms with Gasteiger partial charge in [0.1, 0.15) is 5.82 Å². The van der Waals surface area contributed by atoms with Crippen molar-refractivity contribution in [3.05, 3.63) is 59.7 Å². The van der Waals surface area contributed by atoms with Crippen LogP contribution in [-0.2, 0) is 10.3 Å². The third-order valence-corrected chi connectivity index (χ3v) is 3.08. The second-order valence-corrected chi connectivity index (χ2v) is 4.79. The van der Waals surface area contributed by atoms with E-state index >= 15 is 0 Å². The summed E-state index contributed by atoms with van der Waals surface area (Å²) in [5, 5.41) is 12.4. The first-order valence-corrected chi connectivity index (χ1v) is 6.12. The molecule has 0 saturated carbocycles. The van der Waals surface area contributed by atoms with E-state index in [1.54, 1.807) is 6.07 Å². The van der Waals surface area contributed by atoms with E-state index in [0.717, 1.165) is 11.8 Å². The minimum Gasteiger partial charge on any atom is -0.479 e. The molecule has 0 bridgehead atoms. The quantitative estimate of drug-likeness (QED) is 0.899. The van der Waals surface area contributed by atoms with Gasteiger partial charge < -0.3 is 10.4 Å². The molecule has 0 aliphatic heterocycles. The molecule has 1 aromatic heterocycles. The number of carbonyl (C=O) groups is 1. The SMILES string of the molecule is Cc1cccc(NC(C)(C(=O)O)c2ccc(F)cn2)c1. The molecule has 1 aromatic carbocycles. The van der Waals surface area contributed by atoms with Crippen molar-refractivity contribution in [1.29, 1.82) is 0 Å². The maximum absolute atomic E-state index is 12.9. The maximum Gasteiger partial charge on any atom is 0.335 e. The van der Waals surface area contributed by atoms with Crippen LogP contribution in [0.2, 0.25) is 0 Å². The number of nitrogens with one attached hydrogen (secondary N) is 1. The highest BCUT2D eigenvalue weighted by Gasteiger charge is 2.36. The molecule has 1 unspecified atom stereocenters. The fourth-order valence-electron chi connectivity index (χ4n) is 1.91. The third kappa shape index (κ3) is 2.77. The van der Waals surface area contributed by atoms with Gasteiger partial charge in [-0.15, -0.1) is 0 Å². The fourth-order valence-corrected chi connectivity index (χ4v) is 1.91. The van der Waals surface area contributed by atoms with Crippen molar-refractivity contribution in [3.63, 3.8) is 0 Å². The summed E-state index contributed by atoms with van der Waals surface area (Å²) in [4.78, 5) is 15.5. The predicted octanol–water partition coefficient (Wildman–Crippen LogP) is 2.94. The standard InChI is InChI=1S/C15H15FN2O2/c1-10-4-3-5-12(8-10)18-15(2,14(19)20)13-7-6-11(16)9-17-13/h3-9,18H,1-2H3,(H,19,20). The molecule has 2 rings (SSSR count). The van der Waals surface area contributed by atoms with Crippen molar-refractivity contribution in [2.75, 3.05) is 5.32 Å². The van der Waals surface area contributed by atoms with Crippen LogP contribution in [0.5, 0.6) is 0 Å². The van der Waals surface area contributed by atoms with Gasteiger partial charge in [-0.3, -0.25) is 4.98 Å². The number of pyridine rings is 1. The Morgan fingerprint density at radius 2 is 2.10 bits per heavy atom. The Labute approximate surface area is 116 Å². The molecule has 1 heterocycles. The number of halogens is 1. The number of aromatic nitrogens is 1. The molecule has 104 valence electrons. The lowest BCUT2D eigenvalue weighted by atomic mass is 9.96. The minimum absolute atomic E-state index is 0.243. The average molecular weight is 274 g/mol. The smallest absolute Gasteiger partial charge is 0.335 e. The van der Waals surface area contributed by atoms with Crippen LogP contribution in [0.4, 0.5) is 10.1 Å². The largest absolute Gasteiger partial charge is 0.479 e. The molecule has 4 nitrogen and oxygen atoms in total. The van der Waals surface area contributed by atoms with E-state index in [1.165, 1.54) is 19.1 Å². The number of hydrogen-bond donors (Lipinski definition) is 2. The van der Waals surface area contributed by atoms with E-state index in [2.05, 4.69) is 10.3 Å². The summed E-state index contributed by atoms with van der Waals surface area (Å²) < 4.78 is 12.9. The second-order valence-electron chi connectivity index (χ2n) is 4.79. The Balaban J connectivity index is 2.39. The maximum atomic E-state index is 12.9. The molecular weight excluding hydrogens is 259 g/mol. The number of carboxylic acid groups (broad SMARTS) is 1. The van der Waals surface area contributed by atoms with Crippen molar-refractivity contribution >= 4 is 11.7 Å². The van der Waals surface area contributed by atoms with Gasteiger partial charge in [0.2, 0.25) is 0 Å². The van der Waals surface area contributed by atoms with Crippen LogP contribution in [0.15, 0.2) is 42.6 Å². The number of rotatable bonds is 4. The lowest BCUT2D eigenvalue weighted by Gasteiger charge is -2.27. The number of hydrogen-bond acceptors (Lipinski definition) is 3. The van der Waals surface area contributed by atoms with Crippen molar-refractivity contribution in [1.82, 2.24) is 4.98 Å². The summed E-state index contributed by atoms with van der Waals surface area (Å²) in [6.45, 7) is 3.41. The van der Waals surface area contributed by atoms with Gasteiger partial charge in [-0.25, -0.2) is 9.18 Å². The third-order valence-electron chi connectivity index (χ3n) is 3.08. The lowest BCUT2D eigenvalue weighted by molar-refractivity contribution is -0.142. The average Bonchev–Trinajstić information content (AvgIpc) is 2.39. The molecule has 0 spiro atoms. The normalized spacial score (nSPS) is 13.6. The first kappa shape index (κ1) is 14.0. The molecule has 20 heavy (non-hydrogen) atoms. The Morgan fingerprint density at radius 1 is 1.35 bits per heavy atom. The Kier molecular flexibility index (Phi) is 3.70. The molecule has 0 radical (unpaired) electrons. The van der Waals surface area contributed by atoms with Crippen LogP contribution < -0.4 is 5.32 Å². The van der Waals surface area contributed by atoms with Crippen molar-refractivity contribution in [2.45, 2.75) is 19.4 Å². The molecular formula is C15H15FN2O2. The van der Waals surface area contributed by atoms with E-state index in [4.69, 9.17) is 0 Å². The molecule has 2 N–H and O–H groups in total. The molecule has 1 atom stereocenters. The summed E-state index contributed by atoms with van der Waals surface area (Å²) >= 11 is 0. The van der Waals surface area contributed by atoms with Gasteiger partial charge >= 0.3 is 5.97 Å². The minimum atomic E-state index is -1.43.